The molecule has 0 radical (unpaired) electrons. The molecule has 288 valence electrons. The number of likely N-dealkylation sites (tertiary alicyclic amines) is 2. The first-order valence-electron chi connectivity index (χ1n) is 19.1. The summed E-state index contributed by atoms with van der Waals surface area (Å²) in [5.74, 6) is 0. The van der Waals surface area contributed by atoms with Crippen molar-refractivity contribution in [1.82, 2.24) is 29.4 Å². The number of halogens is 3. The lowest BCUT2D eigenvalue weighted by molar-refractivity contribution is 0.334. The Labute approximate surface area is 339 Å². The smallest absolute Gasteiger partial charge is 0.274 e. The minimum Gasteiger partial charge on any atom is -0.306 e. The summed E-state index contributed by atoms with van der Waals surface area (Å²) in [5, 5.41) is 14.6. The quantitative estimate of drug-likeness (QED) is 0.168. The van der Waals surface area contributed by atoms with E-state index in [0.29, 0.717) is 12.8 Å². The molecule has 2 atom stereocenters. The second kappa shape index (κ2) is 18.7. The summed E-state index contributed by atoms with van der Waals surface area (Å²) < 4.78 is 3.51. The molecule has 0 spiro atoms. The normalized spacial score (nSPS) is 18.2. The fourth-order valence-electron chi connectivity index (χ4n) is 7.83. The van der Waals surface area contributed by atoms with Crippen LogP contribution in [0.25, 0.3) is 21.5 Å². The summed E-state index contributed by atoms with van der Waals surface area (Å²) in [5.41, 5.74) is 4.24. The van der Waals surface area contributed by atoms with Gasteiger partial charge >= 0.3 is 0 Å². The van der Waals surface area contributed by atoms with Gasteiger partial charge in [0.15, 0.2) is 0 Å². The van der Waals surface area contributed by atoms with E-state index in [1.54, 1.807) is 9.36 Å². The number of aromatic nitrogens is 4. The second-order valence-corrected chi connectivity index (χ2v) is 15.7. The summed E-state index contributed by atoms with van der Waals surface area (Å²) in [6.07, 6.45) is 7.47. The first-order chi connectivity index (χ1) is 26.2. The molecule has 0 saturated carbocycles. The third kappa shape index (κ3) is 9.86. The van der Waals surface area contributed by atoms with Crippen molar-refractivity contribution in [1.29, 1.82) is 0 Å². The number of nitrogens with zero attached hydrogens (tertiary/aromatic N) is 6. The molecule has 2 aliphatic rings. The van der Waals surface area contributed by atoms with Crippen LogP contribution in [-0.4, -0.2) is 69.6 Å². The highest BCUT2D eigenvalue weighted by Gasteiger charge is 2.22. The van der Waals surface area contributed by atoms with Crippen molar-refractivity contribution < 1.29 is 0 Å². The lowest BCUT2D eigenvalue weighted by atomic mass is 10.0. The summed E-state index contributed by atoms with van der Waals surface area (Å²) in [6, 6.07) is 31.7. The van der Waals surface area contributed by atoms with E-state index in [1.165, 1.54) is 0 Å². The van der Waals surface area contributed by atoms with Crippen molar-refractivity contribution in [2.24, 2.45) is 0 Å². The third-order valence-electron chi connectivity index (χ3n) is 10.9. The van der Waals surface area contributed by atoms with Gasteiger partial charge in [-0.2, -0.15) is 10.2 Å². The van der Waals surface area contributed by atoms with Crippen molar-refractivity contribution >= 4 is 57.2 Å². The van der Waals surface area contributed by atoms with Gasteiger partial charge in [0.2, 0.25) is 0 Å². The summed E-state index contributed by atoms with van der Waals surface area (Å²) in [7, 11) is 4.29. The molecule has 6 aromatic rings. The van der Waals surface area contributed by atoms with Gasteiger partial charge in [-0.3, -0.25) is 9.59 Å². The minimum atomic E-state index is 0. The molecule has 0 amide bonds. The number of benzene rings is 4. The number of hydrogen-bond donors (Lipinski definition) is 0. The first-order valence-corrected chi connectivity index (χ1v) is 19.9. The summed E-state index contributed by atoms with van der Waals surface area (Å²) in [6.45, 7) is 4.16. The highest BCUT2D eigenvalue weighted by atomic mass is 35.5. The maximum Gasteiger partial charge on any atom is 0.274 e. The van der Waals surface area contributed by atoms with E-state index in [9.17, 15) is 9.59 Å². The van der Waals surface area contributed by atoms with E-state index in [-0.39, 0.29) is 35.6 Å². The SMILES string of the molecule is CN1CCCC(n2nc(Cc3ccc(Cl)cc3)c3ccccc3c2=O)CC1.CN1CCCC(n2nc(Cc3ccc(Cl)cc3)c3ccccc3c2=O)CC1.Cl. The van der Waals surface area contributed by atoms with Gasteiger partial charge in [-0.15, -0.1) is 12.4 Å². The van der Waals surface area contributed by atoms with E-state index in [2.05, 4.69) is 23.9 Å². The number of hydrogen-bond acceptors (Lipinski definition) is 6. The van der Waals surface area contributed by atoms with Crippen LogP contribution in [0.4, 0.5) is 0 Å². The van der Waals surface area contributed by atoms with Gasteiger partial charge in [-0.05, 0) is 126 Å². The molecular formula is C44H49Cl3N6O2. The fourth-order valence-corrected chi connectivity index (χ4v) is 8.08. The topological polar surface area (TPSA) is 76.3 Å². The van der Waals surface area contributed by atoms with Crippen LogP contribution in [0.2, 0.25) is 10.0 Å². The van der Waals surface area contributed by atoms with Crippen molar-refractivity contribution in [2.45, 2.75) is 63.5 Å². The molecule has 4 aromatic carbocycles. The Morgan fingerprint density at radius 1 is 0.527 bits per heavy atom. The average Bonchev–Trinajstić information content (AvgIpc) is 3.55. The van der Waals surface area contributed by atoms with Gasteiger partial charge in [0.25, 0.3) is 11.1 Å². The maximum absolute atomic E-state index is 13.1. The summed E-state index contributed by atoms with van der Waals surface area (Å²) in [4.78, 5) is 30.9. The molecule has 11 heteroatoms. The monoisotopic (exact) mass is 798 g/mol. The van der Waals surface area contributed by atoms with Crippen LogP contribution in [0.15, 0.2) is 107 Å². The highest BCUT2D eigenvalue weighted by molar-refractivity contribution is 6.30. The molecule has 0 bridgehead atoms. The van der Waals surface area contributed by atoms with E-state index in [4.69, 9.17) is 33.4 Å². The van der Waals surface area contributed by atoms with E-state index in [0.717, 1.165) is 119 Å². The first kappa shape index (κ1) is 40.6. The lowest BCUT2D eigenvalue weighted by Gasteiger charge is -2.19. The number of rotatable bonds is 6. The van der Waals surface area contributed by atoms with Crippen LogP contribution in [0.1, 0.15) is 73.1 Å². The van der Waals surface area contributed by atoms with E-state index < -0.39 is 0 Å². The van der Waals surface area contributed by atoms with Gasteiger partial charge in [-0.1, -0.05) is 83.9 Å². The average molecular weight is 800 g/mol. The Morgan fingerprint density at radius 2 is 0.891 bits per heavy atom. The molecule has 55 heavy (non-hydrogen) atoms. The van der Waals surface area contributed by atoms with Crippen LogP contribution in [0, 0.1) is 0 Å². The Morgan fingerprint density at radius 3 is 1.27 bits per heavy atom. The largest absolute Gasteiger partial charge is 0.306 e. The zero-order valence-electron chi connectivity index (χ0n) is 31.5. The molecule has 2 aliphatic heterocycles. The van der Waals surface area contributed by atoms with Gasteiger partial charge in [0.05, 0.1) is 34.2 Å². The minimum absolute atomic E-state index is 0. The molecule has 2 unspecified atom stereocenters. The Kier molecular flexibility index (Phi) is 13.8. The van der Waals surface area contributed by atoms with Crippen molar-refractivity contribution in [3.63, 3.8) is 0 Å². The Bertz CT molecular complexity index is 2160. The van der Waals surface area contributed by atoms with Crippen LogP contribution >= 0.6 is 35.6 Å². The molecule has 4 heterocycles. The fraction of sp³-hybridized carbons (Fsp3) is 0.364. The van der Waals surface area contributed by atoms with Gasteiger partial charge in [-0.25, -0.2) is 9.36 Å². The zero-order valence-corrected chi connectivity index (χ0v) is 33.9. The van der Waals surface area contributed by atoms with Gasteiger partial charge in [0.1, 0.15) is 0 Å². The molecule has 2 saturated heterocycles. The summed E-state index contributed by atoms with van der Waals surface area (Å²) >= 11 is 12.0. The van der Waals surface area contributed by atoms with Gasteiger partial charge in [0, 0.05) is 33.7 Å². The maximum atomic E-state index is 13.1. The molecule has 8 nitrogen and oxygen atoms in total. The predicted molar refractivity (Wildman–Crippen MR) is 229 cm³/mol. The number of fused-ring (bicyclic) bond motifs is 2. The zero-order chi connectivity index (χ0) is 37.6. The van der Waals surface area contributed by atoms with Crippen molar-refractivity contribution in [3.05, 3.63) is 150 Å². The molecule has 2 fully saturated rings. The Hall–Kier alpha value is -4.05. The van der Waals surface area contributed by atoms with Crippen LogP contribution in [0.5, 0.6) is 0 Å². The van der Waals surface area contributed by atoms with E-state index in [1.807, 2.05) is 97.1 Å². The van der Waals surface area contributed by atoms with Crippen LogP contribution < -0.4 is 11.1 Å². The lowest BCUT2D eigenvalue weighted by Crippen LogP contribution is -2.29. The third-order valence-corrected chi connectivity index (χ3v) is 11.4. The van der Waals surface area contributed by atoms with Crippen LogP contribution in [0.3, 0.4) is 0 Å². The van der Waals surface area contributed by atoms with Crippen LogP contribution in [-0.2, 0) is 12.8 Å². The Balaban J connectivity index is 0.000000184. The molecule has 2 aromatic heterocycles. The van der Waals surface area contributed by atoms with Gasteiger partial charge < -0.3 is 9.80 Å². The van der Waals surface area contributed by atoms with Crippen molar-refractivity contribution in [2.75, 3.05) is 40.3 Å². The van der Waals surface area contributed by atoms with E-state index >= 15 is 0 Å². The molecule has 8 rings (SSSR count). The predicted octanol–water partition coefficient (Wildman–Crippen LogP) is 9.02. The molecule has 0 aliphatic carbocycles. The van der Waals surface area contributed by atoms with Crippen molar-refractivity contribution in [3.8, 4) is 0 Å². The second-order valence-electron chi connectivity index (χ2n) is 14.9. The molecule has 0 N–H and O–H groups in total. The standard InChI is InChI=1S/2C22H24ClN3O.ClH/c2*1-25-13-4-5-18(12-14-25)26-22(27)20-7-3-2-6-19(20)21(24-26)15-16-8-10-17(23)11-9-16;/h2*2-3,6-11,18H,4-5,12-15H2,1H3;1H. The molecular weight excluding hydrogens is 751 g/mol. The highest BCUT2D eigenvalue weighted by Crippen LogP contribution is 2.26.